The van der Waals surface area contributed by atoms with E-state index in [9.17, 15) is 5.26 Å². The molecule has 2 aromatic carbocycles. The van der Waals surface area contributed by atoms with Crippen molar-refractivity contribution in [1.29, 1.82) is 5.26 Å². The van der Waals surface area contributed by atoms with Crippen LogP contribution in [0, 0.1) is 18.3 Å². The van der Waals surface area contributed by atoms with Gasteiger partial charge < -0.3 is 15.0 Å². The number of pyridine rings is 1. The topological polar surface area (TPSA) is 73.7 Å². The van der Waals surface area contributed by atoms with Gasteiger partial charge in [-0.15, -0.1) is 0 Å². The number of nitrogens with zero attached hydrogens (tertiary/aromatic N) is 2. The number of nitriles is 1. The fourth-order valence-corrected chi connectivity index (χ4v) is 4.31. The second kappa shape index (κ2) is 8.35. The van der Waals surface area contributed by atoms with Gasteiger partial charge in [0.15, 0.2) is 0 Å². The lowest BCUT2D eigenvalue weighted by Gasteiger charge is -2.32. The lowest BCUT2D eigenvalue weighted by molar-refractivity contribution is 0.0181. The number of fused-ring (bicyclic) bond motifs is 1. The molecule has 1 aliphatic heterocycles. The highest BCUT2D eigenvalue weighted by Gasteiger charge is 2.31. The van der Waals surface area contributed by atoms with Crippen molar-refractivity contribution in [3.8, 4) is 17.2 Å². The molecule has 3 heterocycles. The third-order valence-corrected chi connectivity index (χ3v) is 5.95. The van der Waals surface area contributed by atoms with Crippen LogP contribution in [0.1, 0.15) is 28.3 Å². The summed E-state index contributed by atoms with van der Waals surface area (Å²) in [4.78, 5) is 8.41. The molecule has 0 spiro atoms. The minimum Gasteiger partial charge on any atom is -0.375 e. The van der Waals surface area contributed by atoms with E-state index in [2.05, 4.69) is 53.6 Å². The van der Waals surface area contributed by atoms with Crippen LogP contribution in [0.5, 0.6) is 0 Å². The molecule has 2 N–H and O–H groups in total. The van der Waals surface area contributed by atoms with Crippen molar-refractivity contribution >= 4 is 11.0 Å². The minimum absolute atomic E-state index is 0.0154. The summed E-state index contributed by atoms with van der Waals surface area (Å²) in [5.74, 6) is -0.0154. The first-order valence-electron chi connectivity index (χ1n) is 10.6. The Balaban J connectivity index is 1.71. The number of benzene rings is 2. The summed E-state index contributed by atoms with van der Waals surface area (Å²) in [5, 5.41) is 12.7. The Morgan fingerprint density at radius 2 is 1.90 bits per heavy atom. The fraction of sp³-hybridized carbons (Fsp3) is 0.231. The van der Waals surface area contributed by atoms with E-state index in [1.54, 1.807) is 0 Å². The van der Waals surface area contributed by atoms with Crippen molar-refractivity contribution in [2.45, 2.75) is 18.9 Å². The predicted molar refractivity (Wildman–Crippen MR) is 122 cm³/mol. The van der Waals surface area contributed by atoms with Gasteiger partial charge in [0.25, 0.3) is 0 Å². The van der Waals surface area contributed by atoms with Crippen LogP contribution in [0.4, 0.5) is 0 Å². The highest BCUT2D eigenvalue weighted by atomic mass is 16.5. The Morgan fingerprint density at radius 3 is 2.61 bits per heavy atom. The summed E-state index contributed by atoms with van der Waals surface area (Å²) in [6.07, 6.45) is 1.90. The molecule has 4 aromatic rings. The van der Waals surface area contributed by atoms with Crippen LogP contribution < -0.4 is 5.32 Å². The van der Waals surface area contributed by atoms with Gasteiger partial charge in [0.05, 0.1) is 47.0 Å². The predicted octanol–water partition coefficient (Wildman–Crippen LogP) is 4.53. The molecule has 2 aromatic heterocycles. The maximum absolute atomic E-state index is 9.21. The number of hydrogen-bond donors (Lipinski definition) is 2. The molecule has 1 aliphatic rings. The van der Waals surface area contributed by atoms with E-state index in [0.717, 1.165) is 40.9 Å². The summed E-state index contributed by atoms with van der Waals surface area (Å²) in [5.41, 5.74) is 8.09. The van der Waals surface area contributed by atoms with E-state index in [0.29, 0.717) is 12.2 Å². The Hall–Kier alpha value is -3.46. The van der Waals surface area contributed by atoms with Crippen LogP contribution in [0.3, 0.4) is 0 Å². The molecule has 5 rings (SSSR count). The van der Waals surface area contributed by atoms with Crippen LogP contribution >= 0.6 is 0 Å². The van der Waals surface area contributed by atoms with Crippen LogP contribution in [-0.2, 0) is 4.74 Å². The summed E-state index contributed by atoms with van der Waals surface area (Å²) < 4.78 is 6.25. The molecule has 1 saturated heterocycles. The largest absolute Gasteiger partial charge is 0.375 e. The number of aryl methyl sites for hydroxylation is 1. The number of ether oxygens (including phenoxy) is 1. The van der Waals surface area contributed by atoms with Crippen LogP contribution in [0.25, 0.3) is 22.2 Å². The van der Waals surface area contributed by atoms with Crippen LogP contribution in [0.2, 0.25) is 0 Å². The average molecular weight is 409 g/mol. The summed E-state index contributed by atoms with van der Waals surface area (Å²) in [6, 6.07) is 22.8. The first kappa shape index (κ1) is 19.5. The standard InChI is InChI=1S/C26H24N4O/c1-17-2-6-20(7-3-17)25(24-16-28-12-13-31-24)26-21(14-23-22(30-26)10-11-29-23)19-8-4-18(15-27)5-9-19/h2-11,14,24-25,28-29H,12-13,16H2,1H3/t24-,25?/m0/s1. The number of H-pyrrole nitrogens is 1. The summed E-state index contributed by atoms with van der Waals surface area (Å²) >= 11 is 0. The van der Waals surface area contributed by atoms with Crippen LogP contribution in [0.15, 0.2) is 66.9 Å². The second-order valence-electron chi connectivity index (χ2n) is 8.02. The molecule has 5 nitrogen and oxygen atoms in total. The molecule has 154 valence electrons. The molecule has 2 atom stereocenters. The van der Waals surface area contributed by atoms with Crippen molar-refractivity contribution in [3.63, 3.8) is 0 Å². The average Bonchev–Trinajstić information content (AvgIpc) is 3.28. The first-order chi connectivity index (χ1) is 15.2. The van der Waals surface area contributed by atoms with Crippen LogP contribution in [-0.4, -0.2) is 35.8 Å². The van der Waals surface area contributed by atoms with Gasteiger partial charge >= 0.3 is 0 Å². The number of nitrogens with one attached hydrogen (secondary N) is 2. The van der Waals surface area contributed by atoms with Gasteiger partial charge in [-0.1, -0.05) is 42.0 Å². The Morgan fingerprint density at radius 1 is 1.10 bits per heavy atom. The number of aromatic nitrogens is 2. The lowest BCUT2D eigenvalue weighted by Crippen LogP contribution is -2.42. The zero-order valence-corrected chi connectivity index (χ0v) is 17.4. The molecule has 0 amide bonds. The van der Waals surface area contributed by atoms with E-state index < -0.39 is 0 Å². The lowest BCUT2D eigenvalue weighted by atomic mass is 9.84. The quantitative estimate of drug-likeness (QED) is 0.520. The van der Waals surface area contributed by atoms with E-state index in [-0.39, 0.29) is 12.0 Å². The van der Waals surface area contributed by atoms with Gasteiger partial charge in [0, 0.05) is 24.8 Å². The molecule has 1 unspecified atom stereocenters. The zero-order chi connectivity index (χ0) is 21.2. The Bertz CT molecular complexity index is 1230. The van der Waals surface area contributed by atoms with Gasteiger partial charge in [-0.2, -0.15) is 5.26 Å². The summed E-state index contributed by atoms with van der Waals surface area (Å²) in [6.45, 7) is 4.43. The van der Waals surface area contributed by atoms with E-state index in [1.807, 2.05) is 36.5 Å². The Labute approximate surface area is 181 Å². The minimum atomic E-state index is -0.0162. The molecule has 0 aliphatic carbocycles. The zero-order valence-electron chi connectivity index (χ0n) is 17.4. The van der Waals surface area contributed by atoms with Crippen molar-refractivity contribution in [2.24, 2.45) is 0 Å². The third kappa shape index (κ3) is 3.84. The van der Waals surface area contributed by atoms with Gasteiger partial charge in [-0.3, -0.25) is 0 Å². The highest BCUT2D eigenvalue weighted by molar-refractivity contribution is 5.83. The SMILES string of the molecule is Cc1ccc(C(c2nc3cc[nH]c3cc2-c2ccc(C#N)cc2)[C@@H]2CNCCO2)cc1. The number of morpholine rings is 1. The fourth-order valence-electron chi connectivity index (χ4n) is 4.31. The molecule has 5 heteroatoms. The smallest absolute Gasteiger partial charge is 0.0991 e. The van der Waals surface area contributed by atoms with Crippen molar-refractivity contribution in [1.82, 2.24) is 15.3 Å². The van der Waals surface area contributed by atoms with Crippen molar-refractivity contribution < 1.29 is 4.74 Å². The second-order valence-corrected chi connectivity index (χ2v) is 8.02. The molecule has 0 radical (unpaired) electrons. The molecular formula is C26H24N4O. The van der Waals surface area contributed by atoms with Crippen molar-refractivity contribution in [3.05, 3.63) is 89.2 Å². The van der Waals surface area contributed by atoms with Gasteiger partial charge in [-0.05, 0) is 42.3 Å². The normalized spacial score (nSPS) is 17.4. The van der Waals surface area contributed by atoms with E-state index in [1.165, 1.54) is 11.1 Å². The highest BCUT2D eigenvalue weighted by Crippen LogP contribution is 2.37. The van der Waals surface area contributed by atoms with Gasteiger partial charge in [0.2, 0.25) is 0 Å². The molecule has 0 saturated carbocycles. The van der Waals surface area contributed by atoms with E-state index >= 15 is 0 Å². The maximum Gasteiger partial charge on any atom is 0.0991 e. The van der Waals surface area contributed by atoms with Gasteiger partial charge in [0.1, 0.15) is 0 Å². The first-order valence-corrected chi connectivity index (χ1v) is 10.6. The molecule has 1 fully saturated rings. The monoisotopic (exact) mass is 408 g/mol. The maximum atomic E-state index is 9.21. The Kier molecular flexibility index (Phi) is 5.25. The molecule has 31 heavy (non-hydrogen) atoms. The summed E-state index contributed by atoms with van der Waals surface area (Å²) in [7, 11) is 0. The van der Waals surface area contributed by atoms with Gasteiger partial charge in [-0.25, -0.2) is 4.98 Å². The molecular weight excluding hydrogens is 384 g/mol. The third-order valence-electron chi connectivity index (χ3n) is 5.95. The van der Waals surface area contributed by atoms with Crippen molar-refractivity contribution in [2.75, 3.05) is 19.7 Å². The number of hydrogen-bond acceptors (Lipinski definition) is 4. The number of aromatic amines is 1. The molecule has 0 bridgehead atoms. The van der Waals surface area contributed by atoms with E-state index in [4.69, 9.17) is 9.72 Å². The number of rotatable bonds is 4.